The van der Waals surface area contributed by atoms with Gasteiger partial charge in [-0.25, -0.2) is 4.98 Å². The van der Waals surface area contributed by atoms with E-state index in [9.17, 15) is 0 Å². The van der Waals surface area contributed by atoms with Gasteiger partial charge in [-0.05, 0) is 42.9 Å². The third kappa shape index (κ3) is 3.84. The van der Waals surface area contributed by atoms with Crippen LogP contribution in [-0.4, -0.2) is 47.1 Å². The van der Waals surface area contributed by atoms with E-state index in [2.05, 4.69) is 50.0 Å². The Morgan fingerprint density at radius 2 is 2.11 bits per heavy atom. The van der Waals surface area contributed by atoms with Gasteiger partial charge >= 0.3 is 0 Å². The molecule has 2 aromatic rings. The van der Waals surface area contributed by atoms with Crippen LogP contribution >= 0.6 is 11.6 Å². The van der Waals surface area contributed by atoms with Crippen LogP contribution in [-0.2, 0) is 5.41 Å². The Morgan fingerprint density at radius 3 is 2.74 bits per heavy atom. The van der Waals surface area contributed by atoms with Crippen molar-refractivity contribution in [2.75, 3.05) is 26.7 Å². The van der Waals surface area contributed by atoms with Crippen molar-refractivity contribution in [2.24, 2.45) is 10.9 Å². The van der Waals surface area contributed by atoms with Gasteiger partial charge in [0.15, 0.2) is 5.96 Å². The van der Waals surface area contributed by atoms with E-state index in [1.807, 2.05) is 31.7 Å². The number of likely N-dealkylation sites (tertiary alicyclic amines) is 1. The van der Waals surface area contributed by atoms with E-state index >= 15 is 0 Å². The number of nitrogens with zero attached hydrogens (tertiary/aromatic N) is 4. The molecule has 1 aromatic carbocycles. The molecular weight excluding hydrogens is 358 g/mol. The number of nitrogens with one attached hydrogen (secondary N) is 1. The van der Waals surface area contributed by atoms with E-state index in [-0.39, 0.29) is 5.41 Å². The predicted molar refractivity (Wildman–Crippen MR) is 110 cm³/mol. The number of aromatic nitrogens is 2. The van der Waals surface area contributed by atoms with E-state index in [0.717, 1.165) is 37.0 Å². The standard InChI is InChI=1S/C21H28ClN5/c1-16-7-11-26(13-19(16)27-12-10-24-15-27)20(23-2)25-14-21(8-9-21)17-3-5-18(22)6-4-17/h3-6,10,12,15-16,19H,7-9,11,13-14H2,1-2H3,(H,23,25). The average Bonchev–Trinajstić information content (AvgIpc) is 3.27. The van der Waals surface area contributed by atoms with E-state index in [4.69, 9.17) is 11.6 Å². The highest BCUT2D eigenvalue weighted by atomic mass is 35.5. The van der Waals surface area contributed by atoms with Crippen molar-refractivity contribution in [3.63, 3.8) is 0 Å². The lowest BCUT2D eigenvalue weighted by Crippen LogP contribution is -2.50. The second-order valence-corrected chi connectivity index (χ2v) is 8.41. The van der Waals surface area contributed by atoms with Gasteiger partial charge in [0.25, 0.3) is 0 Å². The molecule has 1 saturated heterocycles. The number of halogens is 1. The van der Waals surface area contributed by atoms with Crippen LogP contribution in [0.1, 0.15) is 37.8 Å². The average molecular weight is 386 g/mol. The number of hydrogen-bond donors (Lipinski definition) is 1. The minimum atomic E-state index is 0.230. The van der Waals surface area contributed by atoms with Crippen LogP contribution in [0.4, 0.5) is 0 Å². The summed E-state index contributed by atoms with van der Waals surface area (Å²) in [7, 11) is 1.88. The largest absolute Gasteiger partial charge is 0.355 e. The predicted octanol–water partition coefficient (Wildman–Crippen LogP) is 3.73. The summed E-state index contributed by atoms with van der Waals surface area (Å²) in [6.07, 6.45) is 9.45. The van der Waals surface area contributed by atoms with Crippen LogP contribution in [0.2, 0.25) is 5.02 Å². The summed E-state index contributed by atoms with van der Waals surface area (Å²) in [5.74, 6) is 1.64. The van der Waals surface area contributed by atoms with Gasteiger partial charge in [-0.15, -0.1) is 0 Å². The molecule has 0 bridgehead atoms. The lowest BCUT2D eigenvalue weighted by Gasteiger charge is -2.39. The topological polar surface area (TPSA) is 45.5 Å². The summed E-state index contributed by atoms with van der Waals surface area (Å²) in [6.45, 7) is 5.26. The molecule has 27 heavy (non-hydrogen) atoms. The maximum atomic E-state index is 6.05. The zero-order valence-electron chi connectivity index (χ0n) is 16.1. The highest BCUT2D eigenvalue weighted by Crippen LogP contribution is 2.47. The summed E-state index contributed by atoms with van der Waals surface area (Å²) in [4.78, 5) is 11.2. The lowest BCUT2D eigenvalue weighted by atomic mass is 9.93. The van der Waals surface area contributed by atoms with Crippen molar-refractivity contribution in [1.29, 1.82) is 0 Å². The lowest BCUT2D eigenvalue weighted by molar-refractivity contribution is 0.189. The van der Waals surface area contributed by atoms with Gasteiger partial charge in [-0.3, -0.25) is 4.99 Å². The molecule has 6 heteroatoms. The summed E-state index contributed by atoms with van der Waals surface area (Å²) >= 11 is 6.05. The molecule has 1 aliphatic heterocycles. The quantitative estimate of drug-likeness (QED) is 0.644. The van der Waals surface area contributed by atoms with Gasteiger partial charge in [-0.1, -0.05) is 30.7 Å². The molecule has 2 aliphatic rings. The summed E-state index contributed by atoms with van der Waals surface area (Å²) in [6, 6.07) is 8.75. The van der Waals surface area contributed by atoms with E-state index in [1.165, 1.54) is 18.4 Å². The van der Waals surface area contributed by atoms with Crippen molar-refractivity contribution in [1.82, 2.24) is 19.8 Å². The molecule has 0 amide bonds. The van der Waals surface area contributed by atoms with Gasteiger partial charge in [0.1, 0.15) is 0 Å². The summed E-state index contributed by atoms with van der Waals surface area (Å²) < 4.78 is 2.24. The number of hydrogen-bond acceptors (Lipinski definition) is 2. The zero-order valence-corrected chi connectivity index (χ0v) is 16.9. The maximum Gasteiger partial charge on any atom is 0.193 e. The van der Waals surface area contributed by atoms with E-state index in [1.54, 1.807) is 0 Å². The van der Waals surface area contributed by atoms with Crippen LogP contribution in [0.25, 0.3) is 0 Å². The first-order valence-electron chi connectivity index (χ1n) is 9.80. The molecule has 0 radical (unpaired) electrons. The molecule has 1 aliphatic carbocycles. The highest BCUT2D eigenvalue weighted by Gasteiger charge is 2.44. The fourth-order valence-corrected chi connectivity index (χ4v) is 4.32. The minimum absolute atomic E-state index is 0.230. The SMILES string of the molecule is CN=C(NCC1(c2ccc(Cl)cc2)CC1)N1CCC(C)C(n2ccnc2)C1. The highest BCUT2D eigenvalue weighted by molar-refractivity contribution is 6.30. The van der Waals surface area contributed by atoms with Crippen molar-refractivity contribution >= 4 is 17.6 Å². The number of piperidine rings is 1. The summed E-state index contributed by atoms with van der Waals surface area (Å²) in [5.41, 5.74) is 1.60. The Hall–Kier alpha value is -2.01. The third-order valence-corrected chi connectivity index (χ3v) is 6.48. The molecule has 0 spiro atoms. The first-order valence-corrected chi connectivity index (χ1v) is 10.2. The van der Waals surface area contributed by atoms with Crippen molar-refractivity contribution in [3.8, 4) is 0 Å². The van der Waals surface area contributed by atoms with Gasteiger partial charge in [0.05, 0.1) is 12.4 Å². The van der Waals surface area contributed by atoms with E-state index < -0.39 is 0 Å². The van der Waals surface area contributed by atoms with Gasteiger partial charge < -0.3 is 14.8 Å². The summed E-state index contributed by atoms with van der Waals surface area (Å²) in [5, 5.41) is 4.45. The van der Waals surface area contributed by atoms with Crippen molar-refractivity contribution < 1.29 is 0 Å². The molecule has 2 atom stereocenters. The number of benzene rings is 1. The Labute approximate surface area is 166 Å². The fraction of sp³-hybridized carbons (Fsp3) is 0.524. The molecule has 1 aromatic heterocycles. The van der Waals surface area contributed by atoms with Crippen molar-refractivity contribution in [2.45, 2.75) is 37.6 Å². The smallest absolute Gasteiger partial charge is 0.193 e. The van der Waals surface area contributed by atoms with Crippen molar-refractivity contribution in [3.05, 3.63) is 53.6 Å². The van der Waals surface area contributed by atoms with Crippen LogP contribution in [0.5, 0.6) is 0 Å². The van der Waals surface area contributed by atoms with Crippen LogP contribution in [0.3, 0.4) is 0 Å². The fourth-order valence-electron chi connectivity index (χ4n) is 4.20. The maximum absolute atomic E-state index is 6.05. The van der Waals surface area contributed by atoms with Gasteiger partial charge in [0.2, 0.25) is 0 Å². The second-order valence-electron chi connectivity index (χ2n) is 7.98. The first kappa shape index (κ1) is 18.4. The Morgan fingerprint density at radius 1 is 1.33 bits per heavy atom. The molecular formula is C21H28ClN5. The Balaban J connectivity index is 1.41. The molecule has 2 unspecified atom stereocenters. The molecule has 2 fully saturated rings. The van der Waals surface area contributed by atoms with E-state index in [0.29, 0.717) is 12.0 Å². The number of aliphatic imine (C=N–C) groups is 1. The third-order valence-electron chi connectivity index (χ3n) is 6.23. The minimum Gasteiger partial charge on any atom is -0.355 e. The van der Waals surface area contributed by atoms with Crippen LogP contribution < -0.4 is 5.32 Å². The molecule has 2 heterocycles. The normalized spacial score (nSPS) is 24.7. The van der Waals surface area contributed by atoms with Crippen LogP contribution in [0, 0.1) is 5.92 Å². The number of imidazole rings is 1. The molecule has 4 rings (SSSR count). The number of guanidine groups is 1. The monoisotopic (exact) mass is 385 g/mol. The van der Waals surface area contributed by atoms with Crippen LogP contribution in [0.15, 0.2) is 48.0 Å². The van der Waals surface area contributed by atoms with Gasteiger partial charge in [0, 0.05) is 49.5 Å². The Kier molecular flexibility index (Phi) is 5.13. The zero-order chi connectivity index (χ0) is 18.9. The number of rotatable bonds is 4. The molecule has 1 saturated carbocycles. The molecule has 144 valence electrons. The second kappa shape index (κ2) is 7.55. The molecule has 1 N–H and O–H groups in total. The Bertz CT molecular complexity index is 779. The first-order chi connectivity index (χ1) is 13.1. The molecule has 5 nitrogen and oxygen atoms in total. The van der Waals surface area contributed by atoms with Gasteiger partial charge in [-0.2, -0.15) is 0 Å².